The fraction of sp³-hybridized carbons (Fsp3) is 0.182. The van der Waals surface area contributed by atoms with Crippen molar-refractivity contribution in [2.75, 3.05) is 0 Å². The van der Waals surface area contributed by atoms with Crippen molar-refractivity contribution < 1.29 is 13.9 Å². The molecule has 0 saturated heterocycles. The summed E-state index contributed by atoms with van der Waals surface area (Å²) in [6, 6.07) is 4.96. The first kappa shape index (κ1) is 10.8. The molecule has 0 aliphatic rings. The molecule has 0 bridgehead atoms. The molecule has 0 saturated carbocycles. The van der Waals surface area contributed by atoms with Crippen molar-refractivity contribution in [3.05, 3.63) is 53.4 Å². The molecule has 5 heteroatoms. The van der Waals surface area contributed by atoms with Crippen LogP contribution in [-0.4, -0.2) is 14.9 Å². The van der Waals surface area contributed by atoms with Gasteiger partial charge in [0.2, 0.25) is 0 Å². The van der Waals surface area contributed by atoms with Gasteiger partial charge in [-0.05, 0) is 18.2 Å². The second-order valence-corrected chi connectivity index (χ2v) is 3.45. The number of halogens is 2. The lowest BCUT2D eigenvalue weighted by Gasteiger charge is -2.10. The number of aromatic nitrogens is 2. The van der Waals surface area contributed by atoms with Crippen LogP contribution >= 0.6 is 0 Å². The highest BCUT2D eigenvalue weighted by Gasteiger charge is 2.21. The van der Waals surface area contributed by atoms with Gasteiger partial charge in [-0.15, -0.1) is 0 Å². The lowest BCUT2D eigenvalue weighted by atomic mass is 10.1. The molecule has 0 spiro atoms. The van der Waals surface area contributed by atoms with E-state index in [1.165, 1.54) is 16.8 Å². The average molecular weight is 224 g/mol. The zero-order valence-electron chi connectivity index (χ0n) is 8.56. The van der Waals surface area contributed by atoms with Crippen molar-refractivity contribution >= 4 is 0 Å². The van der Waals surface area contributed by atoms with Crippen molar-refractivity contribution in [3.63, 3.8) is 0 Å². The van der Waals surface area contributed by atoms with Crippen molar-refractivity contribution in [2.24, 2.45) is 7.05 Å². The molecule has 1 atom stereocenters. The third kappa shape index (κ3) is 1.81. The Morgan fingerprint density at radius 3 is 2.38 bits per heavy atom. The molecule has 1 aromatic carbocycles. The largest absolute Gasteiger partial charge is 0.382 e. The van der Waals surface area contributed by atoms with Crippen LogP contribution in [0.5, 0.6) is 0 Å². The molecule has 0 aliphatic heterocycles. The summed E-state index contributed by atoms with van der Waals surface area (Å²) in [5.74, 6) is -1.56. The zero-order valence-corrected chi connectivity index (χ0v) is 8.56. The Morgan fingerprint density at radius 1 is 1.25 bits per heavy atom. The molecule has 1 aromatic heterocycles. The Balaban J connectivity index is 2.45. The van der Waals surface area contributed by atoms with Gasteiger partial charge in [0, 0.05) is 13.2 Å². The maximum Gasteiger partial charge on any atom is 0.132 e. The van der Waals surface area contributed by atoms with E-state index in [9.17, 15) is 13.9 Å². The summed E-state index contributed by atoms with van der Waals surface area (Å²) in [6.07, 6.45) is 0.208. The lowest BCUT2D eigenvalue weighted by molar-refractivity contribution is 0.203. The smallest absolute Gasteiger partial charge is 0.132 e. The van der Waals surface area contributed by atoms with Crippen molar-refractivity contribution in [2.45, 2.75) is 6.10 Å². The number of benzene rings is 1. The second kappa shape index (κ2) is 4.02. The number of aliphatic hydroxyl groups is 1. The second-order valence-electron chi connectivity index (χ2n) is 3.45. The molecule has 2 rings (SSSR count). The predicted octanol–water partition coefficient (Wildman–Crippen LogP) is 1.78. The minimum absolute atomic E-state index is 0.214. The van der Waals surface area contributed by atoms with Gasteiger partial charge >= 0.3 is 0 Å². The van der Waals surface area contributed by atoms with E-state index in [-0.39, 0.29) is 11.3 Å². The summed E-state index contributed by atoms with van der Waals surface area (Å²) in [6.45, 7) is 0. The van der Waals surface area contributed by atoms with E-state index in [1.54, 1.807) is 13.2 Å². The van der Waals surface area contributed by atoms with Crippen LogP contribution in [0.15, 0.2) is 30.5 Å². The topological polar surface area (TPSA) is 38.0 Å². The van der Waals surface area contributed by atoms with Gasteiger partial charge in [0.1, 0.15) is 17.7 Å². The van der Waals surface area contributed by atoms with E-state index >= 15 is 0 Å². The molecule has 1 unspecified atom stereocenters. The molecular formula is C11H10F2N2O. The molecular weight excluding hydrogens is 214 g/mol. The molecule has 1 N–H and O–H groups in total. The molecule has 0 aliphatic carbocycles. The molecule has 3 nitrogen and oxygen atoms in total. The summed E-state index contributed by atoms with van der Waals surface area (Å²) >= 11 is 0. The first-order valence-corrected chi connectivity index (χ1v) is 4.71. The number of nitrogens with zero attached hydrogens (tertiary/aromatic N) is 2. The Bertz CT molecular complexity index is 490. The van der Waals surface area contributed by atoms with E-state index in [2.05, 4.69) is 5.10 Å². The minimum Gasteiger partial charge on any atom is -0.382 e. The van der Waals surface area contributed by atoms with Gasteiger partial charge in [-0.3, -0.25) is 4.68 Å². The van der Waals surface area contributed by atoms with E-state index in [4.69, 9.17) is 0 Å². The molecule has 0 amide bonds. The third-order valence-electron chi connectivity index (χ3n) is 2.29. The van der Waals surface area contributed by atoms with E-state index in [0.717, 1.165) is 12.1 Å². The Hall–Kier alpha value is -1.75. The van der Waals surface area contributed by atoms with Crippen LogP contribution in [-0.2, 0) is 7.05 Å². The molecule has 0 radical (unpaired) electrons. The average Bonchev–Trinajstić information content (AvgIpc) is 2.64. The standard InChI is InChI=1S/C11H10F2N2O/c1-15-6-5-9(14-15)11(16)10-7(12)3-2-4-8(10)13/h2-6,11,16H,1H3. The quantitative estimate of drug-likeness (QED) is 0.844. The van der Waals surface area contributed by atoms with Gasteiger partial charge in [0.15, 0.2) is 0 Å². The van der Waals surface area contributed by atoms with Crippen molar-refractivity contribution in [1.82, 2.24) is 9.78 Å². The van der Waals surface area contributed by atoms with Crippen molar-refractivity contribution in [1.29, 1.82) is 0 Å². The highest BCUT2D eigenvalue weighted by Crippen LogP contribution is 2.25. The van der Waals surface area contributed by atoms with Crippen LogP contribution in [0.1, 0.15) is 17.4 Å². The molecule has 16 heavy (non-hydrogen) atoms. The molecule has 0 fully saturated rings. The number of rotatable bonds is 2. The van der Waals surface area contributed by atoms with Crippen LogP contribution in [0, 0.1) is 11.6 Å². The SMILES string of the molecule is Cn1ccc(C(O)c2c(F)cccc2F)n1. The monoisotopic (exact) mass is 224 g/mol. The predicted molar refractivity (Wildman–Crippen MR) is 53.6 cm³/mol. The van der Waals surface area contributed by atoms with Gasteiger partial charge in [-0.25, -0.2) is 8.78 Å². The fourth-order valence-corrected chi connectivity index (χ4v) is 1.50. The van der Waals surface area contributed by atoms with Crippen LogP contribution in [0.2, 0.25) is 0 Å². The summed E-state index contributed by atoms with van der Waals surface area (Å²) in [4.78, 5) is 0. The third-order valence-corrected chi connectivity index (χ3v) is 2.29. The van der Waals surface area contributed by atoms with E-state index < -0.39 is 17.7 Å². The van der Waals surface area contributed by atoms with Gasteiger partial charge in [-0.2, -0.15) is 5.10 Å². The normalized spacial score (nSPS) is 12.8. The minimum atomic E-state index is -1.39. The number of aliphatic hydroxyl groups excluding tert-OH is 1. The maximum atomic E-state index is 13.4. The van der Waals surface area contributed by atoms with Gasteiger partial charge in [-0.1, -0.05) is 6.07 Å². The van der Waals surface area contributed by atoms with Gasteiger partial charge in [0.05, 0.1) is 11.3 Å². The van der Waals surface area contributed by atoms with Crippen LogP contribution in [0.25, 0.3) is 0 Å². The van der Waals surface area contributed by atoms with E-state index in [1.807, 2.05) is 0 Å². The van der Waals surface area contributed by atoms with Crippen LogP contribution in [0.4, 0.5) is 8.78 Å². The first-order valence-electron chi connectivity index (χ1n) is 4.71. The van der Waals surface area contributed by atoms with Gasteiger partial charge in [0.25, 0.3) is 0 Å². The van der Waals surface area contributed by atoms with Crippen LogP contribution in [0.3, 0.4) is 0 Å². The Morgan fingerprint density at radius 2 is 1.88 bits per heavy atom. The fourth-order valence-electron chi connectivity index (χ4n) is 1.50. The highest BCUT2D eigenvalue weighted by atomic mass is 19.1. The maximum absolute atomic E-state index is 13.4. The molecule has 1 heterocycles. The summed E-state index contributed by atoms with van der Waals surface area (Å²) < 4.78 is 28.2. The number of hydrogen-bond donors (Lipinski definition) is 1. The van der Waals surface area contributed by atoms with Crippen molar-refractivity contribution in [3.8, 4) is 0 Å². The zero-order chi connectivity index (χ0) is 11.7. The molecule has 84 valence electrons. The Labute approximate surface area is 91.0 Å². The summed E-state index contributed by atoms with van der Waals surface area (Å²) in [5, 5.41) is 13.7. The van der Waals surface area contributed by atoms with Crippen LogP contribution < -0.4 is 0 Å². The van der Waals surface area contributed by atoms with Gasteiger partial charge < -0.3 is 5.11 Å². The Kier molecular flexibility index (Phi) is 2.70. The first-order chi connectivity index (χ1) is 7.59. The highest BCUT2D eigenvalue weighted by molar-refractivity contribution is 5.27. The number of aryl methyl sites for hydroxylation is 1. The molecule has 2 aromatic rings. The lowest BCUT2D eigenvalue weighted by Crippen LogP contribution is -2.07. The number of hydrogen-bond acceptors (Lipinski definition) is 2. The summed E-state index contributed by atoms with van der Waals surface area (Å²) in [7, 11) is 1.66. The summed E-state index contributed by atoms with van der Waals surface area (Å²) in [5.41, 5.74) is -0.160. The van der Waals surface area contributed by atoms with E-state index in [0.29, 0.717) is 0 Å².